The summed E-state index contributed by atoms with van der Waals surface area (Å²) in [6, 6.07) is 9.60. The number of para-hydroxylation sites is 1. The predicted molar refractivity (Wildman–Crippen MR) is 51.5 cm³/mol. The van der Waals surface area contributed by atoms with Gasteiger partial charge in [-0.1, -0.05) is 18.2 Å². The molecule has 1 atom stereocenters. The molecule has 3 nitrogen and oxygen atoms in total. The molecule has 14 heavy (non-hydrogen) atoms. The molecule has 0 radical (unpaired) electrons. The van der Waals surface area contributed by atoms with Crippen LogP contribution in [0.15, 0.2) is 29.8 Å². The number of fused-ring (bicyclic) bond motifs is 1. The van der Waals surface area contributed by atoms with Crippen LogP contribution in [0.2, 0.25) is 0 Å². The predicted octanol–water partition coefficient (Wildman–Crippen LogP) is 1.96. The van der Waals surface area contributed by atoms with Gasteiger partial charge >= 0.3 is 0 Å². The van der Waals surface area contributed by atoms with Gasteiger partial charge in [0.25, 0.3) is 0 Å². The maximum absolute atomic E-state index is 8.84. The summed E-state index contributed by atoms with van der Waals surface area (Å²) < 4.78 is 10.5. The zero-order valence-electron chi connectivity index (χ0n) is 7.73. The monoisotopic (exact) mass is 187 g/mol. The Morgan fingerprint density at radius 2 is 2.21 bits per heavy atom. The van der Waals surface area contributed by atoms with Crippen molar-refractivity contribution in [2.45, 2.75) is 6.29 Å². The fourth-order valence-corrected chi connectivity index (χ4v) is 1.38. The Hall–Kier alpha value is -1.79. The van der Waals surface area contributed by atoms with E-state index in [-0.39, 0.29) is 0 Å². The summed E-state index contributed by atoms with van der Waals surface area (Å²) in [6.07, 6.45) is 1.21. The molecule has 0 aliphatic carbocycles. The van der Waals surface area contributed by atoms with E-state index in [9.17, 15) is 0 Å². The number of benzene rings is 1. The molecule has 1 aromatic carbocycles. The molecule has 2 rings (SSSR count). The largest absolute Gasteiger partial charge is 0.459 e. The number of methoxy groups -OCH3 is 1. The average Bonchev–Trinajstić information content (AvgIpc) is 2.27. The molecule has 0 saturated heterocycles. The Balaban J connectivity index is 2.46. The SMILES string of the molecule is COC1Oc2ccccc2C=C1C#N. The van der Waals surface area contributed by atoms with Crippen LogP contribution in [0.1, 0.15) is 5.56 Å². The third-order valence-electron chi connectivity index (χ3n) is 2.06. The molecule has 0 spiro atoms. The number of hydrogen-bond acceptors (Lipinski definition) is 3. The maximum Gasteiger partial charge on any atom is 0.236 e. The second kappa shape index (κ2) is 3.52. The highest BCUT2D eigenvalue weighted by Crippen LogP contribution is 2.28. The van der Waals surface area contributed by atoms with Gasteiger partial charge < -0.3 is 9.47 Å². The molecule has 0 aromatic heterocycles. The fraction of sp³-hybridized carbons (Fsp3) is 0.182. The van der Waals surface area contributed by atoms with Gasteiger partial charge in [0.1, 0.15) is 11.8 Å². The summed E-state index contributed by atoms with van der Waals surface area (Å²) in [7, 11) is 1.52. The topological polar surface area (TPSA) is 42.2 Å². The summed E-state index contributed by atoms with van der Waals surface area (Å²) in [5.41, 5.74) is 1.41. The molecule has 0 N–H and O–H groups in total. The van der Waals surface area contributed by atoms with Crippen molar-refractivity contribution in [1.82, 2.24) is 0 Å². The van der Waals surface area contributed by atoms with E-state index < -0.39 is 6.29 Å². The number of nitrogens with zero attached hydrogens (tertiary/aromatic N) is 1. The van der Waals surface area contributed by atoms with E-state index in [0.29, 0.717) is 5.57 Å². The van der Waals surface area contributed by atoms with Crippen LogP contribution >= 0.6 is 0 Å². The quantitative estimate of drug-likeness (QED) is 0.674. The number of nitriles is 1. The number of ether oxygens (including phenoxy) is 2. The minimum atomic E-state index is -0.574. The van der Waals surface area contributed by atoms with Crippen molar-refractivity contribution in [3.8, 4) is 11.8 Å². The highest BCUT2D eigenvalue weighted by Gasteiger charge is 2.21. The molecule has 0 bridgehead atoms. The zero-order valence-corrected chi connectivity index (χ0v) is 7.73. The molecule has 0 saturated carbocycles. The van der Waals surface area contributed by atoms with Crippen LogP contribution in [0.5, 0.6) is 5.75 Å². The van der Waals surface area contributed by atoms with E-state index in [1.165, 1.54) is 7.11 Å². The molecule has 1 aliphatic rings. The van der Waals surface area contributed by atoms with Gasteiger partial charge in [0.15, 0.2) is 0 Å². The summed E-state index contributed by atoms with van der Waals surface area (Å²) in [6.45, 7) is 0. The van der Waals surface area contributed by atoms with E-state index >= 15 is 0 Å². The lowest BCUT2D eigenvalue weighted by molar-refractivity contribution is -0.0228. The Bertz CT molecular complexity index is 418. The summed E-state index contributed by atoms with van der Waals surface area (Å²) in [5, 5.41) is 8.84. The summed E-state index contributed by atoms with van der Waals surface area (Å²) >= 11 is 0. The van der Waals surface area contributed by atoms with Crippen LogP contribution in [0.3, 0.4) is 0 Å². The minimum absolute atomic E-state index is 0.492. The van der Waals surface area contributed by atoms with Crippen LogP contribution in [0.4, 0.5) is 0 Å². The molecular weight excluding hydrogens is 178 g/mol. The summed E-state index contributed by atoms with van der Waals surface area (Å²) in [5.74, 6) is 0.748. The van der Waals surface area contributed by atoms with Crippen LogP contribution in [-0.4, -0.2) is 13.4 Å². The van der Waals surface area contributed by atoms with Crippen molar-refractivity contribution in [3.05, 3.63) is 35.4 Å². The second-order valence-corrected chi connectivity index (χ2v) is 2.93. The van der Waals surface area contributed by atoms with E-state index in [1.54, 1.807) is 6.08 Å². The lowest BCUT2D eigenvalue weighted by Gasteiger charge is -2.22. The van der Waals surface area contributed by atoms with Gasteiger partial charge in [0.2, 0.25) is 6.29 Å². The van der Waals surface area contributed by atoms with E-state index in [2.05, 4.69) is 6.07 Å². The van der Waals surface area contributed by atoms with Crippen molar-refractivity contribution in [1.29, 1.82) is 5.26 Å². The third kappa shape index (κ3) is 1.36. The van der Waals surface area contributed by atoms with Crippen LogP contribution in [-0.2, 0) is 4.74 Å². The van der Waals surface area contributed by atoms with Gasteiger partial charge in [-0.2, -0.15) is 5.26 Å². The van der Waals surface area contributed by atoms with Gasteiger partial charge in [-0.05, 0) is 12.1 Å². The van der Waals surface area contributed by atoms with E-state index in [4.69, 9.17) is 14.7 Å². The minimum Gasteiger partial charge on any atom is -0.459 e. The first-order valence-corrected chi connectivity index (χ1v) is 4.25. The molecular formula is C11H9NO2. The normalized spacial score (nSPS) is 18.9. The highest BCUT2D eigenvalue weighted by molar-refractivity contribution is 5.65. The molecule has 0 fully saturated rings. The Labute approximate surface area is 82.2 Å². The van der Waals surface area contributed by atoms with Crippen molar-refractivity contribution >= 4 is 6.08 Å². The summed E-state index contributed by atoms with van der Waals surface area (Å²) in [4.78, 5) is 0. The highest BCUT2D eigenvalue weighted by atomic mass is 16.7. The zero-order chi connectivity index (χ0) is 9.97. The van der Waals surface area contributed by atoms with Crippen molar-refractivity contribution in [3.63, 3.8) is 0 Å². The molecule has 1 heterocycles. The van der Waals surface area contributed by atoms with E-state index in [0.717, 1.165) is 11.3 Å². The van der Waals surface area contributed by atoms with Gasteiger partial charge in [0, 0.05) is 12.7 Å². The molecule has 0 amide bonds. The van der Waals surface area contributed by atoms with Crippen molar-refractivity contribution < 1.29 is 9.47 Å². The van der Waals surface area contributed by atoms with Crippen molar-refractivity contribution in [2.24, 2.45) is 0 Å². The molecule has 1 unspecified atom stereocenters. The van der Waals surface area contributed by atoms with Crippen LogP contribution in [0, 0.1) is 11.3 Å². The van der Waals surface area contributed by atoms with Crippen molar-refractivity contribution in [2.75, 3.05) is 7.11 Å². The van der Waals surface area contributed by atoms with E-state index in [1.807, 2.05) is 24.3 Å². The molecule has 3 heteroatoms. The molecule has 1 aromatic rings. The third-order valence-corrected chi connectivity index (χ3v) is 2.06. The average molecular weight is 187 g/mol. The first-order valence-electron chi connectivity index (χ1n) is 4.25. The standard InChI is InChI=1S/C11H9NO2/c1-13-11-9(7-12)6-8-4-2-3-5-10(8)14-11/h2-6,11H,1H3. The molecule has 1 aliphatic heterocycles. The lowest BCUT2D eigenvalue weighted by atomic mass is 10.1. The first-order chi connectivity index (χ1) is 6.85. The fourth-order valence-electron chi connectivity index (χ4n) is 1.38. The van der Waals surface area contributed by atoms with Crippen LogP contribution in [0.25, 0.3) is 6.08 Å². The maximum atomic E-state index is 8.84. The first kappa shape index (κ1) is 8.79. The van der Waals surface area contributed by atoms with Gasteiger partial charge in [-0.3, -0.25) is 0 Å². The van der Waals surface area contributed by atoms with Gasteiger partial charge in [-0.25, -0.2) is 0 Å². The number of rotatable bonds is 1. The Morgan fingerprint density at radius 1 is 1.43 bits per heavy atom. The Morgan fingerprint density at radius 3 is 2.93 bits per heavy atom. The number of hydrogen-bond donors (Lipinski definition) is 0. The lowest BCUT2D eigenvalue weighted by Crippen LogP contribution is -2.23. The Kier molecular flexibility index (Phi) is 2.21. The second-order valence-electron chi connectivity index (χ2n) is 2.93. The van der Waals surface area contributed by atoms with Crippen LogP contribution < -0.4 is 4.74 Å². The smallest absolute Gasteiger partial charge is 0.236 e. The van der Waals surface area contributed by atoms with Gasteiger partial charge in [0.05, 0.1) is 5.57 Å². The van der Waals surface area contributed by atoms with Gasteiger partial charge in [-0.15, -0.1) is 0 Å². The molecule has 70 valence electrons.